The van der Waals surface area contributed by atoms with Crippen LogP contribution in [0.15, 0.2) is 12.1 Å². The minimum atomic E-state index is -1.82. The van der Waals surface area contributed by atoms with Crippen LogP contribution in [0.2, 0.25) is 0 Å². The molecule has 0 saturated carbocycles. The molecule has 0 amide bonds. The van der Waals surface area contributed by atoms with Crippen LogP contribution in [0.4, 0.5) is 0 Å². The van der Waals surface area contributed by atoms with Crippen LogP contribution in [-0.2, 0) is 9.53 Å². The van der Waals surface area contributed by atoms with Gasteiger partial charge in [-0.2, -0.15) is 0 Å². The van der Waals surface area contributed by atoms with E-state index < -0.39 is 13.1 Å². The van der Waals surface area contributed by atoms with Gasteiger partial charge < -0.3 is 14.8 Å². The lowest BCUT2D eigenvalue weighted by Gasteiger charge is -2.01. The molecule has 10 heavy (non-hydrogen) atoms. The van der Waals surface area contributed by atoms with E-state index in [2.05, 4.69) is 11.3 Å². The molecule has 0 aromatic heterocycles. The molecule has 4 nitrogen and oxygen atoms in total. The van der Waals surface area contributed by atoms with Crippen LogP contribution in [0.3, 0.4) is 0 Å². The molecule has 56 valence electrons. The average molecular weight is 144 g/mol. The van der Waals surface area contributed by atoms with E-state index in [9.17, 15) is 4.79 Å². The molecule has 0 rings (SSSR count). The second kappa shape index (κ2) is 4.08. The second-order valence-electron chi connectivity index (χ2n) is 1.62. The Morgan fingerprint density at radius 3 is 2.50 bits per heavy atom. The summed E-state index contributed by atoms with van der Waals surface area (Å²) in [5.74, 6) is -0.780. The van der Waals surface area contributed by atoms with E-state index in [1.54, 1.807) is 6.92 Å². The van der Waals surface area contributed by atoms with Crippen molar-refractivity contribution in [3.8, 4) is 0 Å². The zero-order valence-electron chi connectivity index (χ0n) is 5.70. The van der Waals surface area contributed by atoms with Gasteiger partial charge in [0.1, 0.15) is 0 Å². The van der Waals surface area contributed by atoms with Gasteiger partial charge in [0.05, 0.1) is 12.1 Å². The third kappa shape index (κ3) is 2.66. The summed E-state index contributed by atoms with van der Waals surface area (Å²) >= 11 is 0. The fraction of sp³-hybridized carbons (Fsp3) is 0.400. The quantitative estimate of drug-likeness (QED) is 0.306. The van der Waals surface area contributed by atoms with Crippen LogP contribution in [0.5, 0.6) is 0 Å². The smallest absolute Gasteiger partial charge is 0.463 e. The molecule has 0 aliphatic rings. The first kappa shape index (κ1) is 9.19. The molecule has 0 aromatic carbocycles. The highest BCUT2D eigenvalue weighted by Crippen LogP contribution is 1.94. The highest BCUT2D eigenvalue weighted by molar-refractivity contribution is 6.57. The summed E-state index contributed by atoms with van der Waals surface area (Å²) in [6.07, 6.45) is 0. The van der Waals surface area contributed by atoms with Crippen molar-refractivity contribution < 1.29 is 19.6 Å². The molecule has 0 saturated heterocycles. The molecule has 0 fully saturated rings. The minimum absolute atomic E-state index is 0.199. The van der Waals surface area contributed by atoms with Crippen molar-refractivity contribution in [1.29, 1.82) is 0 Å². The predicted octanol–water partition coefficient (Wildman–Crippen LogP) is -0.882. The highest BCUT2D eigenvalue weighted by atomic mass is 16.5. The molecule has 0 aliphatic heterocycles. The summed E-state index contributed by atoms with van der Waals surface area (Å²) < 4.78 is 4.41. The first-order valence-electron chi connectivity index (χ1n) is 2.81. The number of hydrogen-bond donors (Lipinski definition) is 2. The molecule has 0 radical (unpaired) electrons. The number of rotatable bonds is 3. The molecule has 0 aromatic rings. The molecule has 0 heterocycles. The molecule has 0 aliphatic carbocycles. The second-order valence-corrected chi connectivity index (χ2v) is 1.62. The van der Waals surface area contributed by atoms with Crippen LogP contribution in [0.1, 0.15) is 6.92 Å². The fourth-order valence-corrected chi connectivity index (χ4v) is 0.329. The maximum absolute atomic E-state index is 10.5. The van der Waals surface area contributed by atoms with E-state index in [0.717, 1.165) is 0 Å². The Bertz CT molecular complexity index is 143. The Morgan fingerprint density at radius 1 is 1.70 bits per heavy atom. The maximum Gasteiger partial charge on any atom is 0.495 e. The van der Waals surface area contributed by atoms with Crippen molar-refractivity contribution in [3.63, 3.8) is 0 Å². The zero-order chi connectivity index (χ0) is 8.15. The molecular weight excluding hydrogens is 135 g/mol. The summed E-state index contributed by atoms with van der Waals surface area (Å²) in [6, 6.07) is 0. The molecular formula is C5H9BO4. The summed E-state index contributed by atoms with van der Waals surface area (Å²) in [7, 11) is -1.82. The normalized spacial score (nSPS) is 8.70. The molecule has 0 bridgehead atoms. The van der Waals surface area contributed by atoms with E-state index in [1.807, 2.05) is 0 Å². The lowest BCUT2D eigenvalue weighted by molar-refractivity contribution is -0.137. The SMILES string of the molecule is C=C(B(O)O)C(=O)OCC. The third-order valence-corrected chi connectivity index (χ3v) is 0.849. The topological polar surface area (TPSA) is 66.8 Å². The summed E-state index contributed by atoms with van der Waals surface area (Å²) in [5.41, 5.74) is -0.346. The Hall–Kier alpha value is -0.805. The van der Waals surface area contributed by atoms with Crippen LogP contribution < -0.4 is 0 Å². The van der Waals surface area contributed by atoms with E-state index in [1.165, 1.54) is 0 Å². The number of carbonyl (C=O) groups is 1. The van der Waals surface area contributed by atoms with Gasteiger partial charge in [-0.05, 0) is 6.92 Å². The largest absolute Gasteiger partial charge is 0.495 e. The Labute approximate surface area is 59.3 Å². The first-order valence-corrected chi connectivity index (χ1v) is 2.81. The first-order chi connectivity index (χ1) is 4.59. The summed E-state index contributed by atoms with van der Waals surface area (Å²) in [6.45, 7) is 4.92. The van der Waals surface area contributed by atoms with E-state index in [0.29, 0.717) is 0 Å². The van der Waals surface area contributed by atoms with Crippen molar-refractivity contribution in [2.45, 2.75) is 6.92 Å². The number of ether oxygens (including phenoxy) is 1. The van der Waals surface area contributed by atoms with Gasteiger partial charge >= 0.3 is 13.1 Å². The van der Waals surface area contributed by atoms with Crippen molar-refractivity contribution in [1.82, 2.24) is 0 Å². The van der Waals surface area contributed by atoms with E-state index >= 15 is 0 Å². The van der Waals surface area contributed by atoms with Crippen molar-refractivity contribution >= 4 is 13.1 Å². The van der Waals surface area contributed by atoms with Gasteiger partial charge in [0.2, 0.25) is 0 Å². The molecule has 5 heteroatoms. The van der Waals surface area contributed by atoms with Gasteiger partial charge in [0.15, 0.2) is 0 Å². The van der Waals surface area contributed by atoms with Crippen molar-refractivity contribution in [3.05, 3.63) is 12.1 Å². The molecule has 2 N–H and O–H groups in total. The average Bonchev–Trinajstić information content (AvgIpc) is 1.87. The van der Waals surface area contributed by atoms with Crippen molar-refractivity contribution in [2.75, 3.05) is 6.61 Å². The van der Waals surface area contributed by atoms with E-state index in [-0.39, 0.29) is 12.1 Å². The Morgan fingerprint density at radius 2 is 2.20 bits per heavy atom. The number of esters is 1. The van der Waals surface area contributed by atoms with Gasteiger partial charge in [-0.1, -0.05) is 6.58 Å². The van der Waals surface area contributed by atoms with Gasteiger partial charge in [-0.15, -0.1) is 0 Å². The minimum Gasteiger partial charge on any atom is -0.463 e. The maximum atomic E-state index is 10.5. The standard InChI is InChI=1S/C5H9BO4/c1-3-10-5(7)4(2)6(8)9/h8-9H,2-3H2,1H3. The lowest BCUT2D eigenvalue weighted by Crippen LogP contribution is -2.23. The molecule has 0 atom stereocenters. The Balaban J connectivity index is 3.83. The third-order valence-electron chi connectivity index (χ3n) is 0.849. The summed E-state index contributed by atoms with van der Waals surface area (Å²) in [5, 5.41) is 16.7. The zero-order valence-corrected chi connectivity index (χ0v) is 5.70. The van der Waals surface area contributed by atoms with Crippen LogP contribution in [0, 0.1) is 0 Å². The molecule has 0 spiro atoms. The van der Waals surface area contributed by atoms with Gasteiger partial charge in [0, 0.05) is 0 Å². The van der Waals surface area contributed by atoms with Crippen LogP contribution >= 0.6 is 0 Å². The van der Waals surface area contributed by atoms with Crippen LogP contribution in [0.25, 0.3) is 0 Å². The molecule has 0 unspecified atom stereocenters. The van der Waals surface area contributed by atoms with Crippen molar-refractivity contribution in [2.24, 2.45) is 0 Å². The van der Waals surface area contributed by atoms with E-state index in [4.69, 9.17) is 10.0 Å². The number of carbonyl (C=O) groups excluding carboxylic acids is 1. The fourth-order valence-electron chi connectivity index (χ4n) is 0.329. The number of hydrogen-bond acceptors (Lipinski definition) is 4. The van der Waals surface area contributed by atoms with Gasteiger partial charge in [-0.3, -0.25) is 0 Å². The monoisotopic (exact) mass is 144 g/mol. The lowest BCUT2D eigenvalue weighted by atomic mass is 9.81. The van der Waals surface area contributed by atoms with Gasteiger partial charge in [-0.25, -0.2) is 4.79 Å². The predicted molar refractivity (Wildman–Crippen MR) is 36.0 cm³/mol. The summed E-state index contributed by atoms with van der Waals surface area (Å²) in [4.78, 5) is 10.5. The van der Waals surface area contributed by atoms with Gasteiger partial charge in [0.25, 0.3) is 0 Å². The highest BCUT2D eigenvalue weighted by Gasteiger charge is 2.20. The Kier molecular flexibility index (Phi) is 3.75. The van der Waals surface area contributed by atoms with Crippen LogP contribution in [-0.4, -0.2) is 29.7 Å².